The van der Waals surface area contributed by atoms with Gasteiger partial charge in [-0.2, -0.15) is 9.78 Å². The van der Waals surface area contributed by atoms with E-state index in [1.54, 1.807) is 36.1 Å². The first-order chi connectivity index (χ1) is 14.0. The van der Waals surface area contributed by atoms with Crippen LogP contribution in [0.15, 0.2) is 59.0 Å². The first kappa shape index (κ1) is 20.9. The van der Waals surface area contributed by atoms with Gasteiger partial charge in [0.15, 0.2) is 11.5 Å². The summed E-state index contributed by atoms with van der Waals surface area (Å²) in [7, 11) is 1.64. The van der Waals surface area contributed by atoms with Crippen LogP contribution in [-0.2, 0) is 5.75 Å². The Labute approximate surface area is 176 Å². The van der Waals surface area contributed by atoms with E-state index in [1.165, 1.54) is 11.1 Å². The molecule has 6 nitrogen and oxygen atoms in total. The van der Waals surface area contributed by atoms with E-state index in [0.717, 1.165) is 22.2 Å². The number of nitrogens with zero attached hydrogens (tertiary/aromatic N) is 4. The molecule has 0 aliphatic rings. The number of aromatic nitrogens is 3. The van der Waals surface area contributed by atoms with Crippen LogP contribution >= 0.6 is 11.8 Å². The third-order valence-corrected chi connectivity index (χ3v) is 5.08. The maximum Gasteiger partial charge on any atom is 0.212 e. The number of rotatable bonds is 9. The Morgan fingerprint density at radius 1 is 1.14 bits per heavy atom. The second kappa shape index (κ2) is 10.1. The van der Waals surface area contributed by atoms with Crippen molar-refractivity contribution in [1.29, 1.82) is 0 Å². The van der Waals surface area contributed by atoms with Crippen LogP contribution in [0.25, 0.3) is 0 Å². The van der Waals surface area contributed by atoms with Crippen molar-refractivity contribution >= 4 is 18.0 Å². The molecule has 2 aromatic carbocycles. The van der Waals surface area contributed by atoms with Gasteiger partial charge in [0.05, 0.1) is 19.9 Å². The molecule has 29 heavy (non-hydrogen) atoms. The number of thioether (sulfide) groups is 1. The van der Waals surface area contributed by atoms with Crippen LogP contribution < -0.4 is 9.47 Å². The average molecular weight is 411 g/mol. The summed E-state index contributed by atoms with van der Waals surface area (Å²) in [6.07, 6.45) is 3.36. The molecule has 0 aliphatic carbocycles. The lowest BCUT2D eigenvalue weighted by Gasteiger charge is -2.12. The lowest BCUT2D eigenvalue weighted by Crippen LogP contribution is -2.05. The smallest absolute Gasteiger partial charge is 0.212 e. The summed E-state index contributed by atoms with van der Waals surface area (Å²) in [5, 5.41) is 13.4. The Kier molecular flexibility index (Phi) is 7.30. The number of hydrogen-bond donors (Lipinski definition) is 0. The van der Waals surface area contributed by atoms with Gasteiger partial charge < -0.3 is 9.47 Å². The largest absolute Gasteiger partial charge is 0.493 e. The number of ether oxygens (including phenoxy) is 2. The summed E-state index contributed by atoms with van der Waals surface area (Å²) < 4.78 is 12.9. The van der Waals surface area contributed by atoms with Crippen LogP contribution in [0.1, 0.15) is 30.5 Å². The van der Waals surface area contributed by atoms with E-state index in [1.807, 2.05) is 18.2 Å². The second-order valence-electron chi connectivity index (χ2n) is 7.09. The van der Waals surface area contributed by atoms with Crippen molar-refractivity contribution in [1.82, 2.24) is 14.9 Å². The van der Waals surface area contributed by atoms with Gasteiger partial charge >= 0.3 is 0 Å². The fraction of sp³-hybridized carbons (Fsp3) is 0.318. The topological polar surface area (TPSA) is 61.5 Å². The molecule has 1 heterocycles. The van der Waals surface area contributed by atoms with Gasteiger partial charge in [-0.25, -0.2) is 0 Å². The van der Waals surface area contributed by atoms with E-state index in [4.69, 9.17) is 9.47 Å². The van der Waals surface area contributed by atoms with Crippen molar-refractivity contribution < 1.29 is 9.47 Å². The quantitative estimate of drug-likeness (QED) is 0.374. The summed E-state index contributed by atoms with van der Waals surface area (Å²) in [6.45, 7) is 6.95. The summed E-state index contributed by atoms with van der Waals surface area (Å²) in [5.41, 5.74) is 3.39. The zero-order valence-corrected chi connectivity index (χ0v) is 18.0. The molecule has 0 saturated carbocycles. The highest BCUT2D eigenvalue weighted by molar-refractivity contribution is 7.98. The number of methoxy groups -OCH3 is 1. The van der Waals surface area contributed by atoms with Gasteiger partial charge in [0, 0.05) is 5.75 Å². The third-order valence-electron chi connectivity index (χ3n) is 4.08. The molecule has 0 atom stereocenters. The summed E-state index contributed by atoms with van der Waals surface area (Å²) in [4.78, 5) is 0. The van der Waals surface area contributed by atoms with Crippen molar-refractivity contribution in [3.8, 4) is 11.5 Å². The van der Waals surface area contributed by atoms with Crippen LogP contribution in [0, 0.1) is 12.8 Å². The Morgan fingerprint density at radius 3 is 2.66 bits per heavy atom. The Bertz CT molecular complexity index is 952. The van der Waals surface area contributed by atoms with Crippen molar-refractivity contribution in [2.45, 2.75) is 31.7 Å². The first-order valence-electron chi connectivity index (χ1n) is 9.48. The lowest BCUT2D eigenvalue weighted by atomic mass is 10.2. The van der Waals surface area contributed by atoms with Crippen LogP contribution in [0.3, 0.4) is 0 Å². The minimum atomic E-state index is 0.450. The van der Waals surface area contributed by atoms with E-state index in [9.17, 15) is 0 Å². The van der Waals surface area contributed by atoms with Crippen molar-refractivity contribution in [2.24, 2.45) is 11.0 Å². The molecule has 0 radical (unpaired) electrons. The zero-order valence-electron chi connectivity index (χ0n) is 17.2. The molecule has 1 aromatic heterocycles. The van der Waals surface area contributed by atoms with E-state index in [-0.39, 0.29) is 0 Å². The molecule has 0 bridgehead atoms. The van der Waals surface area contributed by atoms with Gasteiger partial charge in [-0.05, 0) is 42.2 Å². The van der Waals surface area contributed by atoms with Gasteiger partial charge in [0.2, 0.25) is 5.16 Å². The number of benzene rings is 2. The van der Waals surface area contributed by atoms with E-state index in [2.05, 4.69) is 60.3 Å². The summed E-state index contributed by atoms with van der Waals surface area (Å²) in [6, 6.07) is 14.2. The number of aryl methyl sites for hydroxylation is 1. The van der Waals surface area contributed by atoms with Crippen molar-refractivity contribution in [3.05, 3.63) is 65.5 Å². The maximum absolute atomic E-state index is 5.80. The highest BCUT2D eigenvalue weighted by atomic mass is 32.2. The van der Waals surface area contributed by atoms with Crippen LogP contribution in [0.2, 0.25) is 0 Å². The predicted molar refractivity (Wildman–Crippen MR) is 117 cm³/mol. The molecule has 0 amide bonds. The minimum Gasteiger partial charge on any atom is -0.493 e. The van der Waals surface area contributed by atoms with Crippen molar-refractivity contribution in [3.63, 3.8) is 0 Å². The van der Waals surface area contributed by atoms with E-state index >= 15 is 0 Å². The highest BCUT2D eigenvalue weighted by Gasteiger charge is 2.07. The van der Waals surface area contributed by atoms with Crippen LogP contribution in [-0.4, -0.2) is 34.8 Å². The zero-order chi connectivity index (χ0) is 20.6. The monoisotopic (exact) mass is 410 g/mol. The van der Waals surface area contributed by atoms with E-state index in [0.29, 0.717) is 18.3 Å². The molecular formula is C22H26N4O2S. The molecule has 0 N–H and O–H groups in total. The normalized spacial score (nSPS) is 11.3. The molecule has 0 unspecified atom stereocenters. The van der Waals surface area contributed by atoms with Crippen LogP contribution in [0.4, 0.5) is 0 Å². The maximum atomic E-state index is 5.80. The summed E-state index contributed by atoms with van der Waals surface area (Å²) >= 11 is 1.60. The molecule has 0 fully saturated rings. The first-order valence-corrected chi connectivity index (χ1v) is 10.5. The fourth-order valence-electron chi connectivity index (χ4n) is 2.49. The molecule has 0 saturated heterocycles. The standard InChI is InChI=1S/C22H26N4O2S/c1-16(2)13-28-20-10-9-19(11-21(20)27-4)12-24-26-15-23-25-22(26)29-14-18-7-5-17(3)6-8-18/h5-12,15-16H,13-14H2,1-4H3/b24-12+. The number of hydrogen-bond acceptors (Lipinski definition) is 6. The van der Waals surface area contributed by atoms with Gasteiger partial charge in [0.1, 0.15) is 6.33 Å². The molecule has 7 heteroatoms. The van der Waals surface area contributed by atoms with Gasteiger partial charge in [-0.15, -0.1) is 10.2 Å². The lowest BCUT2D eigenvalue weighted by molar-refractivity contribution is 0.257. The molecular weight excluding hydrogens is 384 g/mol. The SMILES string of the molecule is COc1cc(/C=N/n2cnnc2SCc2ccc(C)cc2)ccc1OCC(C)C. The molecule has 0 aliphatic heterocycles. The molecule has 152 valence electrons. The Morgan fingerprint density at radius 2 is 1.93 bits per heavy atom. The molecule has 3 rings (SSSR count). The Balaban J connectivity index is 1.67. The summed E-state index contributed by atoms with van der Waals surface area (Å²) in [5.74, 6) is 2.68. The highest BCUT2D eigenvalue weighted by Crippen LogP contribution is 2.28. The third kappa shape index (κ3) is 6.09. The van der Waals surface area contributed by atoms with Gasteiger partial charge in [0.25, 0.3) is 0 Å². The Hall–Kier alpha value is -2.80. The second-order valence-corrected chi connectivity index (χ2v) is 8.03. The van der Waals surface area contributed by atoms with Gasteiger partial charge in [-0.1, -0.05) is 55.4 Å². The van der Waals surface area contributed by atoms with Crippen LogP contribution in [0.5, 0.6) is 11.5 Å². The molecule has 0 spiro atoms. The van der Waals surface area contributed by atoms with E-state index < -0.39 is 0 Å². The van der Waals surface area contributed by atoms with Gasteiger partial charge in [-0.3, -0.25) is 0 Å². The van der Waals surface area contributed by atoms with Crippen molar-refractivity contribution in [2.75, 3.05) is 13.7 Å². The minimum absolute atomic E-state index is 0.450. The predicted octanol–water partition coefficient (Wildman–Crippen LogP) is 4.80. The average Bonchev–Trinajstić information content (AvgIpc) is 3.18. The molecule has 3 aromatic rings. The fourth-order valence-corrected chi connectivity index (χ4v) is 3.31.